The topological polar surface area (TPSA) is 58.6 Å². The van der Waals surface area contributed by atoms with Gasteiger partial charge in [-0.2, -0.15) is 0 Å². The predicted molar refractivity (Wildman–Crippen MR) is 94.0 cm³/mol. The van der Waals surface area contributed by atoms with Gasteiger partial charge in [0.15, 0.2) is 0 Å². The zero-order valence-corrected chi connectivity index (χ0v) is 15.8. The first-order valence-electron chi connectivity index (χ1n) is 8.73. The second-order valence-electron chi connectivity index (χ2n) is 8.32. The summed E-state index contributed by atoms with van der Waals surface area (Å²) in [4.78, 5) is 14.1. The largest absolute Gasteiger partial charge is 0.444 e. The number of piperidine rings is 1. The van der Waals surface area contributed by atoms with Gasteiger partial charge in [-0.3, -0.25) is 4.21 Å². The Balaban J connectivity index is 1.83. The summed E-state index contributed by atoms with van der Waals surface area (Å²) in [5, 5.41) is 3.65. The van der Waals surface area contributed by atoms with Crippen molar-refractivity contribution in [2.24, 2.45) is 5.41 Å². The van der Waals surface area contributed by atoms with Crippen molar-refractivity contribution < 1.29 is 13.7 Å². The van der Waals surface area contributed by atoms with Crippen molar-refractivity contribution in [1.82, 2.24) is 10.2 Å². The van der Waals surface area contributed by atoms with Crippen LogP contribution >= 0.6 is 0 Å². The van der Waals surface area contributed by atoms with Crippen LogP contribution in [0, 0.1) is 5.41 Å². The van der Waals surface area contributed by atoms with E-state index in [0.717, 1.165) is 56.8 Å². The number of carbonyl (C=O) groups is 1. The number of nitrogens with one attached hydrogen (secondary N) is 1. The maximum atomic E-state index is 12.3. The molecule has 1 unspecified atom stereocenters. The van der Waals surface area contributed by atoms with Crippen LogP contribution in [0.4, 0.5) is 4.79 Å². The molecule has 0 aromatic rings. The molecule has 0 radical (unpaired) electrons. The maximum Gasteiger partial charge on any atom is 0.410 e. The van der Waals surface area contributed by atoms with Gasteiger partial charge in [0.05, 0.1) is 0 Å². The minimum absolute atomic E-state index is 0.0890. The van der Waals surface area contributed by atoms with Gasteiger partial charge in [-0.25, -0.2) is 4.79 Å². The predicted octanol–water partition coefficient (Wildman–Crippen LogP) is 2.52. The molecule has 134 valence electrons. The first kappa shape index (κ1) is 18.7. The van der Waals surface area contributed by atoms with E-state index in [-0.39, 0.29) is 11.5 Å². The van der Waals surface area contributed by atoms with E-state index >= 15 is 0 Å². The third kappa shape index (κ3) is 6.07. The Morgan fingerprint density at radius 2 is 2.00 bits per heavy atom. The van der Waals surface area contributed by atoms with Crippen molar-refractivity contribution in [2.45, 2.75) is 65.0 Å². The van der Waals surface area contributed by atoms with Gasteiger partial charge in [-0.05, 0) is 51.9 Å². The molecule has 1 atom stereocenters. The average Bonchev–Trinajstić information content (AvgIpc) is 2.45. The zero-order valence-electron chi connectivity index (χ0n) is 15.0. The van der Waals surface area contributed by atoms with Gasteiger partial charge < -0.3 is 15.0 Å². The van der Waals surface area contributed by atoms with Gasteiger partial charge in [-0.15, -0.1) is 0 Å². The van der Waals surface area contributed by atoms with Gasteiger partial charge >= 0.3 is 6.09 Å². The van der Waals surface area contributed by atoms with Gasteiger partial charge in [-0.1, -0.05) is 6.92 Å². The smallest absolute Gasteiger partial charge is 0.410 e. The molecule has 2 aliphatic heterocycles. The quantitative estimate of drug-likeness (QED) is 0.855. The molecular formula is C17H32N2O3S. The summed E-state index contributed by atoms with van der Waals surface area (Å²) in [5.41, 5.74) is -0.354. The van der Waals surface area contributed by atoms with Crippen molar-refractivity contribution in [2.75, 3.05) is 31.1 Å². The molecule has 2 aliphatic rings. The van der Waals surface area contributed by atoms with Gasteiger partial charge in [0, 0.05) is 48.0 Å². The third-order valence-electron chi connectivity index (χ3n) is 4.64. The first-order chi connectivity index (χ1) is 10.7. The lowest BCUT2D eigenvalue weighted by Crippen LogP contribution is -2.51. The number of hydrogen-bond acceptors (Lipinski definition) is 4. The summed E-state index contributed by atoms with van der Waals surface area (Å²) < 4.78 is 16.9. The molecule has 0 aliphatic carbocycles. The minimum atomic E-state index is -0.611. The molecule has 6 heteroatoms. The molecule has 0 aromatic heterocycles. The number of rotatable bonds is 3. The van der Waals surface area contributed by atoms with Crippen molar-refractivity contribution in [1.29, 1.82) is 0 Å². The SMILES string of the molecule is CC1(CNC2CCS(=O)CC2)CCCN(C(=O)OC(C)(C)C)C1. The van der Waals surface area contributed by atoms with Crippen molar-refractivity contribution >= 4 is 16.9 Å². The molecular weight excluding hydrogens is 312 g/mol. The van der Waals surface area contributed by atoms with Crippen LogP contribution in [-0.2, 0) is 15.5 Å². The second kappa shape index (κ2) is 7.51. The van der Waals surface area contributed by atoms with E-state index in [2.05, 4.69) is 12.2 Å². The van der Waals surface area contributed by atoms with Crippen LogP contribution in [0.1, 0.15) is 53.4 Å². The Bertz CT molecular complexity index is 440. The summed E-state index contributed by atoms with van der Waals surface area (Å²) in [7, 11) is -0.611. The molecule has 2 fully saturated rings. The molecule has 5 nitrogen and oxygen atoms in total. The Labute approximate surface area is 143 Å². The Kier molecular flexibility index (Phi) is 6.11. The number of ether oxygens (including phenoxy) is 1. The molecule has 2 saturated heterocycles. The van der Waals surface area contributed by atoms with Crippen LogP contribution in [0.2, 0.25) is 0 Å². The molecule has 23 heavy (non-hydrogen) atoms. The van der Waals surface area contributed by atoms with Crippen LogP contribution < -0.4 is 5.32 Å². The lowest BCUT2D eigenvalue weighted by Gasteiger charge is -2.41. The van der Waals surface area contributed by atoms with Crippen LogP contribution in [0.15, 0.2) is 0 Å². The first-order valence-corrected chi connectivity index (χ1v) is 10.2. The maximum absolute atomic E-state index is 12.3. The lowest BCUT2D eigenvalue weighted by atomic mass is 9.81. The minimum Gasteiger partial charge on any atom is -0.444 e. The number of hydrogen-bond donors (Lipinski definition) is 1. The number of amides is 1. The third-order valence-corrected chi connectivity index (χ3v) is 6.02. The van der Waals surface area contributed by atoms with Gasteiger partial charge in [0.2, 0.25) is 0 Å². The highest BCUT2D eigenvalue weighted by molar-refractivity contribution is 7.85. The molecule has 1 N–H and O–H groups in total. The molecule has 2 rings (SSSR count). The fraction of sp³-hybridized carbons (Fsp3) is 0.941. The molecule has 0 bridgehead atoms. The van der Waals surface area contributed by atoms with E-state index in [4.69, 9.17) is 4.74 Å². The standard InChI is InChI=1S/C17H32N2O3S/c1-16(2,3)22-15(20)19-9-5-8-17(4,13-19)12-18-14-6-10-23(21)11-7-14/h14,18H,5-13H2,1-4H3. The molecule has 0 aromatic carbocycles. The average molecular weight is 345 g/mol. The molecule has 1 amide bonds. The summed E-state index contributed by atoms with van der Waals surface area (Å²) in [6, 6.07) is 0.474. The summed E-state index contributed by atoms with van der Waals surface area (Å²) in [5.74, 6) is 1.64. The summed E-state index contributed by atoms with van der Waals surface area (Å²) in [6.45, 7) is 10.4. The van der Waals surface area contributed by atoms with E-state index in [9.17, 15) is 9.00 Å². The van der Waals surface area contributed by atoms with E-state index < -0.39 is 16.4 Å². The van der Waals surface area contributed by atoms with Gasteiger partial charge in [0.1, 0.15) is 5.60 Å². The fourth-order valence-corrected chi connectivity index (χ4v) is 4.63. The van der Waals surface area contributed by atoms with Gasteiger partial charge in [0.25, 0.3) is 0 Å². The molecule has 0 saturated carbocycles. The van der Waals surface area contributed by atoms with Crippen LogP contribution in [0.3, 0.4) is 0 Å². The van der Waals surface area contributed by atoms with Crippen LogP contribution in [-0.4, -0.2) is 58.0 Å². The van der Waals surface area contributed by atoms with E-state index in [1.807, 2.05) is 25.7 Å². The number of carbonyl (C=O) groups excluding carboxylic acids is 1. The Morgan fingerprint density at radius 1 is 1.35 bits per heavy atom. The number of nitrogens with zero attached hydrogens (tertiary/aromatic N) is 1. The van der Waals surface area contributed by atoms with Crippen molar-refractivity contribution in [3.05, 3.63) is 0 Å². The Morgan fingerprint density at radius 3 is 2.61 bits per heavy atom. The normalized spacial score (nSPS) is 32.6. The van der Waals surface area contributed by atoms with Crippen molar-refractivity contribution in [3.8, 4) is 0 Å². The molecule has 2 heterocycles. The van der Waals surface area contributed by atoms with Crippen molar-refractivity contribution in [3.63, 3.8) is 0 Å². The van der Waals surface area contributed by atoms with E-state index in [1.165, 1.54) is 0 Å². The second-order valence-corrected chi connectivity index (χ2v) is 10.0. The highest BCUT2D eigenvalue weighted by Gasteiger charge is 2.35. The zero-order chi connectivity index (χ0) is 17.1. The fourth-order valence-electron chi connectivity index (χ4n) is 3.33. The van der Waals surface area contributed by atoms with E-state index in [1.54, 1.807) is 0 Å². The lowest BCUT2D eigenvalue weighted by molar-refractivity contribution is 0.00643. The van der Waals surface area contributed by atoms with E-state index in [0.29, 0.717) is 6.04 Å². The highest BCUT2D eigenvalue weighted by Crippen LogP contribution is 2.30. The molecule has 0 spiro atoms. The van der Waals surface area contributed by atoms with Crippen LogP contribution in [0.25, 0.3) is 0 Å². The highest BCUT2D eigenvalue weighted by atomic mass is 32.2. The number of likely N-dealkylation sites (tertiary alicyclic amines) is 1. The van der Waals surface area contributed by atoms with Crippen LogP contribution in [0.5, 0.6) is 0 Å². The summed E-state index contributed by atoms with van der Waals surface area (Å²) >= 11 is 0. The summed E-state index contributed by atoms with van der Waals surface area (Å²) in [6.07, 6.45) is 3.94. The Hall–Kier alpha value is -0.620. The monoisotopic (exact) mass is 344 g/mol.